The van der Waals surface area contributed by atoms with Gasteiger partial charge in [0.1, 0.15) is 0 Å². The molecule has 1 aliphatic heterocycles. The third-order valence-electron chi connectivity index (χ3n) is 3.33. The van der Waals surface area contributed by atoms with Gasteiger partial charge in [0.25, 0.3) is 0 Å². The summed E-state index contributed by atoms with van der Waals surface area (Å²) in [5.41, 5.74) is 6.46. The lowest BCUT2D eigenvalue weighted by atomic mass is 9.96. The van der Waals surface area contributed by atoms with Crippen molar-refractivity contribution in [3.05, 3.63) is 30.1 Å². The fourth-order valence-corrected chi connectivity index (χ4v) is 2.46. The van der Waals surface area contributed by atoms with Gasteiger partial charge in [0.2, 0.25) is 5.91 Å². The first kappa shape index (κ1) is 12.0. The van der Waals surface area contributed by atoms with Crippen molar-refractivity contribution in [1.29, 1.82) is 0 Å². The summed E-state index contributed by atoms with van der Waals surface area (Å²) in [4.78, 5) is 17.4. The Balaban J connectivity index is 2.04. The van der Waals surface area contributed by atoms with Crippen LogP contribution in [0.25, 0.3) is 0 Å². The van der Waals surface area contributed by atoms with Crippen LogP contribution >= 0.6 is 0 Å². The molecule has 92 valence electrons. The highest BCUT2D eigenvalue weighted by atomic mass is 16.1. The number of carbonyl (C=O) groups is 1. The van der Waals surface area contributed by atoms with Crippen molar-refractivity contribution in [2.45, 2.75) is 31.7 Å². The summed E-state index contributed by atoms with van der Waals surface area (Å²) in [6.07, 6.45) is 7.75. The number of primary amides is 1. The Kier molecular flexibility index (Phi) is 4.09. The first-order valence-corrected chi connectivity index (χ1v) is 6.19. The zero-order valence-electron chi connectivity index (χ0n) is 10.0. The Hall–Kier alpha value is -1.42. The lowest BCUT2D eigenvalue weighted by Crippen LogP contribution is -2.35. The van der Waals surface area contributed by atoms with E-state index in [1.807, 2.05) is 12.3 Å². The molecule has 0 bridgehead atoms. The SMILES string of the molecule is NC(=O)CCN1CCCC[C@H]1c1cccnc1. The van der Waals surface area contributed by atoms with Crippen molar-refractivity contribution in [2.24, 2.45) is 5.73 Å². The minimum absolute atomic E-state index is 0.222. The van der Waals surface area contributed by atoms with Gasteiger partial charge in [-0.2, -0.15) is 0 Å². The molecule has 1 atom stereocenters. The van der Waals surface area contributed by atoms with Crippen LogP contribution in [0.5, 0.6) is 0 Å². The molecule has 2 N–H and O–H groups in total. The molecule has 4 nitrogen and oxygen atoms in total. The summed E-state index contributed by atoms with van der Waals surface area (Å²) in [5, 5.41) is 0. The number of piperidine rings is 1. The van der Waals surface area contributed by atoms with Crippen molar-refractivity contribution in [3.8, 4) is 0 Å². The van der Waals surface area contributed by atoms with Gasteiger partial charge in [-0.25, -0.2) is 0 Å². The summed E-state index contributed by atoms with van der Waals surface area (Å²) in [6, 6.07) is 4.48. The molecule has 1 aromatic heterocycles. The number of amides is 1. The van der Waals surface area contributed by atoms with Gasteiger partial charge in [-0.05, 0) is 31.0 Å². The van der Waals surface area contributed by atoms with Gasteiger partial charge < -0.3 is 5.73 Å². The van der Waals surface area contributed by atoms with Gasteiger partial charge in [-0.15, -0.1) is 0 Å². The Morgan fingerprint density at radius 3 is 3.12 bits per heavy atom. The van der Waals surface area contributed by atoms with Crippen LogP contribution in [-0.4, -0.2) is 28.9 Å². The molecule has 0 saturated carbocycles. The van der Waals surface area contributed by atoms with E-state index in [1.54, 1.807) is 6.20 Å². The van der Waals surface area contributed by atoms with Crippen LogP contribution in [0.15, 0.2) is 24.5 Å². The summed E-state index contributed by atoms with van der Waals surface area (Å²) < 4.78 is 0. The van der Waals surface area contributed by atoms with E-state index in [2.05, 4.69) is 16.0 Å². The van der Waals surface area contributed by atoms with Crippen molar-refractivity contribution in [2.75, 3.05) is 13.1 Å². The van der Waals surface area contributed by atoms with Crippen molar-refractivity contribution >= 4 is 5.91 Å². The van der Waals surface area contributed by atoms with Gasteiger partial charge in [0, 0.05) is 31.4 Å². The maximum Gasteiger partial charge on any atom is 0.218 e. The lowest BCUT2D eigenvalue weighted by molar-refractivity contribution is -0.118. The minimum Gasteiger partial charge on any atom is -0.370 e. The highest BCUT2D eigenvalue weighted by Gasteiger charge is 2.23. The van der Waals surface area contributed by atoms with Gasteiger partial charge in [-0.3, -0.25) is 14.7 Å². The van der Waals surface area contributed by atoms with Crippen LogP contribution in [0.3, 0.4) is 0 Å². The number of hydrogen-bond acceptors (Lipinski definition) is 3. The summed E-state index contributed by atoms with van der Waals surface area (Å²) in [7, 11) is 0. The molecule has 1 fully saturated rings. The van der Waals surface area contributed by atoms with Crippen LogP contribution in [-0.2, 0) is 4.79 Å². The van der Waals surface area contributed by atoms with Crippen molar-refractivity contribution < 1.29 is 4.79 Å². The second-order valence-electron chi connectivity index (χ2n) is 4.55. The first-order valence-electron chi connectivity index (χ1n) is 6.19. The number of nitrogens with zero attached hydrogens (tertiary/aromatic N) is 2. The van der Waals surface area contributed by atoms with E-state index >= 15 is 0 Å². The Morgan fingerprint density at radius 1 is 1.53 bits per heavy atom. The standard InChI is InChI=1S/C13H19N3O/c14-13(17)6-9-16-8-2-1-5-12(16)11-4-3-7-15-10-11/h3-4,7,10,12H,1-2,5-6,8-9H2,(H2,14,17)/t12-/m0/s1. The Bertz CT molecular complexity index is 366. The topological polar surface area (TPSA) is 59.2 Å². The molecule has 0 spiro atoms. The molecule has 0 unspecified atom stereocenters. The Labute approximate surface area is 102 Å². The van der Waals surface area contributed by atoms with Crippen LogP contribution < -0.4 is 5.73 Å². The maximum absolute atomic E-state index is 10.9. The highest BCUT2D eigenvalue weighted by molar-refractivity contribution is 5.73. The second kappa shape index (κ2) is 5.77. The average molecular weight is 233 g/mol. The molecule has 0 radical (unpaired) electrons. The molecule has 2 heterocycles. The minimum atomic E-state index is -0.222. The fraction of sp³-hybridized carbons (Fsp3) is 0.538. The largest absolute Gasteiger partial charge is 0.370 e. The predicted molar refractivity (Wildman–Crippen MR) is 66.2 cm³/mol. The zero-order valence-corrected chi connectivity index (χ0v) is 10.0. The van der Waals surface area contributed by atoms with Gasteiger partial charge in [-0.1, -0.05) is 12.5 Å². The molecule has 0 aliphatic carbocycles. The van der Waals surface area contributed by atoms with E-state index in [0.717, 1.165) is 19.5 Å². The second-order valence-corrected chi connectivity index (χ2v) is 4.55. The van der Waals surface area contributed by atoms with E-state index < -0.39 is 0 Å². The highest BCUT2D eigenvalue weighted by Crippen LogP contribution is 2.30. The molecule has 1 saturated heterocycles. The summed E-state index contributed by atoms with van der Waals surface area (Å²) in [5.74, 6) is -0.222. The Morgan fingerprint density at radius 2 is 2.41 bits per heavy atom. The smallest absolute Gasteiger partial charge is 0.218 e. The van der Waals surface area contributed by atoms with Gasteiger partial charge in [0.15, 0.2) is 0 Å². The molecular weight excluding hydrogens is 214 g/mol. The number of hydrogen-bond donors (Lipinski definition) is 1. The van der Waals surface area contributed by atoms with E-state index in [4.69, 9.17) is 5.73 Å². The summed E-state index contributed by atoms with van der Waals surface area (Å²) in [6.45, 7) is 1.81. The molecule has 0 aromatic carbocycles. The van der Waals surface area contributed by atoms with Crippen LogP contribution in [0.2, 0.25) is 0 Å². The number of rotatable bonds is 4. The molecule has 1 amide bonds. The van der Waals surface area contributed by atoms with E-state index in [1.165, 1.54) is 18.4 Å². The molecule has 2 rings (SSSR count). The zero-order chi connectivity index (χ0) is 12.1. The van der Waals surface area contributed by atoms with Crippen molar-refractivity contribution in [3.63, 3.8) is 0 Å². The third-order valence-corrected chi connectivity index (χ3v) is 3.33. The molecule has 1 aliphatic rings. The molecule has 4 heteroatoms. The molecule has 17 heavy (non-hydrogen) atoms. The van der Waals surface area contributed by atoms with Gasteiger partial charge in [0.05, 0.1) is 0 Å². The number of aromatic nitrogens is 1. The maximum atomic E-state index is 10.9. The number of nitrogens with two attached hydrogens (primary N) is 1. The monoisotopic (exact) mass is 233 g/mol. The number of pyridine rings is 1. The first-order chi connectivity index (χ1) is 8.27. The van der Waals surface area contributed by atoms with Crippen molar-refractivity contribution in [1.82, 2.24) is 9.88 Å². The number of likely N-dealkylation sites (tertiary alicyclic amines) is 1. The normalized spacial score (nSPS) is 21.3. The van der Waals surface area contributed by atoms with E-state index in [-0.39, 0.29) is 5.91 Å². The lowest BCUT2D eigenvalue weighted by Gasteiger charge is -2.35. The predicted octanol–water partition coefficient (Wildman–Crippen LogP) is 1.48. The average Bonchev–Trinajstić information content (AvgIpc) is 2.38. The van der Waals surface area contributed by atoms with Crippen LogP contribution in [0.1, 0.15) is 37.3 Å². The molecule has 1 aromatic rings. The third kappa shape index (κ3) is 3.27. The van der Waals surface area contributed by atoms with Gasteiger partial charge >= 0.3 is 0 Å². The fourth-order valence-electron chi connectivity index (χ4n) is 2.46. The van der Waals surface area contributed by atoms with E-state index in [0.29, 0.717) is 12.5 Å². The van der Waals surface area contributed by atoms with Crippen LogP contribution in [0.4, 0.5) is 0 Å². The molecular formula is C13H19N3O. The van der Waals surface area contributed by atoms with Crippen LogP contribution in [0, 0.1) is 0 Å². The quantitative estimate of drug-likeness (QED) is 0.857. The number of carbonyl (C=O) groups excluding carboxylic acids is 1. The summed E-state index contributed by atoms with van der Waals surface area (Å²) >= 11 is 0. The van der Waals surface area contributed by atoms with E-state index in [9.17, 15) is 4.79 Å².